The van der Waals surface area contributed by atoms with E-state index >= 15 is 0 Å². The highest BCUT2D eigenvalue weighted by atomic mass is 16.6. The molecule has 9 atom stereocenters. The van der Waals surface area contributed by atoms with Gasteiger partial charge in [0.2, 0.25) is 0 Å². The van der Waals surface area contributed by atoms with Crippen LogP contribution in [0.25, 0.3) is 0 Å². The Balaban J connectivity index is 1.52. The topological polar surface area (TPSA) is 53.0 Å². The Bertz CT molecular complexity index is 545. The summed E-state index contributed by atoms with van der Waals surface area (Å²) in [5, 5.41) is 21.2. The van der Waals surface area contributed by atoms with Crippen LogP contribution in [0.5, 0.6) is 0 Å². The molecule has 5 rings (SSSR count). The molecule has 23 heavy (non-hydrogen) atoms. The van der Waals surface area contributed by atoms with E-state index in [0.717, 1.165) is 38.0 Å². The average Bonchev–Trinajstić information content (AvgIpc) is 3.11. The van der Waals surface area contributed by atoms with E-state index in [2.05, 4.69) is 20.8 Å². The lowest BCUT2D eigenvalue weighted by atomic mass is 9.44. The van der Waals surface area contributed by atoms with Gasteiger partial charge in [-0.15, -0.1) is 0 Å². The molecule has 1 saturated heterocycles. The van der Waals surface area contributed by atoms with Crippen molar-refractivity contribution in [2.45, 2.75) is 95.5 Å². The summed E-state index contributed by atoms with van der Waals surface area (Å²) in [6, 6.07) is 0. The Hall–Kier alpha value is -0.120. The first-order valence-corrected chi connectivity index (χ1v) is 9.82. The summed E-state index contributed by atoms with van der Waals surface area (Å²) in [4.78, 5) is 0. The quantitative estimate of drug-likeness (QED) is 0.674. The Morgan fingerprint density at radius 2 is 1.57 bits per heavy atom. The Morgan fingerprint density at radius 1 is 0.913 bits per heavy atom. The maximum absolute atomic E-state index is 11.0. The first-order chi connectivity index (χ1) is 10.7. The molecule has 0 bridgehead atoms. The minimum atomic E-state index is -0.495. The van der Waals surface area contributed by atoms with E-state index in [1.807, 2.05) is 0 Å². The van der Waals surface area contributed by atoms with Gasteiger partial charge in [-0.1, -0.05) is 13.8 Å². The molecule has 1 aliphatic heterocycles. The van der Waals surface area contributed by atoms with Gasteiger partial charge in [-0.2, -0.15) is 0 Å². The second kappa shape index (κ2) is 4.16. The minimum Gasteiger partial charge on any atom is -0.393 e. The first-order valence-electron chi connectivity index (χ1n) is 9.82. The van der Waals surface area contributed by atoms with E-state index in [0.29, 0.717) is 17.9 Å². The fourth-order valence-electron chi connectivity index (χ4n) is 7.90. The molecule has 1 heterocycles. The molecule has 3 nitrogen and oxygen atoms in total. The van der Waals surface area contributed by atoms with Crippen molar-refractivity contribution in [1.82, 2.24) is 0 Å². The third kappa shape index (κ3) is 1.58. The molecule has 2 N–H and O–H groups in total. The van der Waals surface area contributed by atoms with Crippen LogP contribution >= 0.6 is 0 Å². The van der Waals surface area contributed by atoms with E-state index in [9.17, 15) is 10.2 Å². The van der Waals surface area contributed by atoms with Crippen molar-refractivity contribution in [3.8, 4) is 0 Å². The highest BCUT2D eigenvalue weighted by Crippen LogP contribution is 2.74. The summed E-state index contributed by atoms with van der Waals surface area (Å²) in [6.07, 6.45) is 8.83. The van der Waals surface area contributed by atoms with Crippen molar-refractivity contribution in [3.05, 3.63) is 0 Å². The fraction of sp³-hybridized carbons (Fsp3) is 1.00. The van der Waals surface area contributed by atoms with Gasteiger partial charge in [0.25, 0.3) is 0 Å². The molecule has 0 aromatic heterocycles. The number of ether oxygens (including phenoxy) is 1. The molecule has 0 radical (unpaired) electrons. The van der Waals surface area contributed by atoms with Crippen LogP contribution in [0, 0.1) is 28.6 Å². The van der Waals surface area contributed by atoms with Gasteiger partial charge in [0, 0.05) is 11.8 Å². The molecule has 0 unspecified atom stereocenters. The maximum Gasteiger partial charge on any atom is 0.103 e. The van der Waals surface area contributed by atoms with Crippen LogP contribution in [0.3, 0.4) is 0 Å². The monoisotopic (exact) mass is 320 g/mol. The summed E-state index contributed by atoms with van der Waals surface area (Å²) >= 11 is 0. The van der Waals surface area contributed by atoms with Gasteiger partial charge in [0.15, 0.2) is 0 Å². The number of rotatable bonds is 0. The SMILES string of the molecule is C[C@]1(O)CC[C@H]2[C@H]3C[C@@H]4O[C@@]45C[C@H](O)CC[C@@]5(C)[C@@H]3CC[C@@]21C. The van der Waals surface area contributed by atoms with Crippen molar-refractivity contribution in [2.75, 3.05) is 0 Å². The van der Waals surface area contributed by atoms with E-state index < -0.39 is 5.60 Å². The van der Waals surface area contributed by atoms with Gasteiger partial charge in [-0.3, -0.25) is 0 Å². The van der Waals surface area contributed by atoms with Crippen LogP contribution in [0.4, 0.5) is 0 Å². The van der Waals surface area contributed by atoms with Crippen LogP contribution < -0.4 is 0 Å². The summed E-state index contributed by atoms with van der Waals surface area (Å²) in [5.41, 5.74) is -0.171. The average molecular weight is 320 g/mol. The smallest absolute Gasteiger partial charge is 0.103 e. The number of hydrogen-bond acceptors (Lipinski definition) is 3. The molecule has 4 saturated carbocycles. The van der Waals surface area contributed by atoms with Crippen molar-refractivity contribution < 1.29 is 14.9 Å². The number of epoxide rings is 1. The summed E-state index contributed by atoms with van der Waals surface area (Å²) in [7, 11) is 0. The molecule has 3 heteroatoms. The van der Waals surface area contributed by atoms with E-state index in [1.54, 1.807) is 0 Å². The molecule has 0 amide bonds. The Morgan fingerprint density at radius 3 is 2.35 bits per heavy atom. The normalized spacial score (nSPS) is 66.9. The highest BCUT2D eigenvalue weighted by molar-refractivity contribution is 5.24. The predicted octanol–water partition coefficient (Wildman–Crippen LogP) is 3.27. The van der Waals surface area contributed by atoms with Crippen molar-refractivity contribution in [2.24, 2.45) is 28.6 Å². The molecule has 130 valence electrons. The predicted molar refractivity (Wildman–Crippen MR) is 87.9 cm³/mol. The second-order valence-electron chi connectivity index (χ2n) is 10.2. The molecule has 1 spiro atoms. The van der Waals surface area contributed by atoms with E-state index in [-0.39, 0.29) is 22.5 Å². The van der Waals surface area contributed by atoms with Gasteiger partial charge < -0.3 is 14.9 Å². The molecule has 5 fully saturated rings. The molecular weight excluding hydrogens is 288 g/mol. The van der Waals surface area contributed by atoms with Crippen LogP contribution in [0.15, 0.2) is 0 Å². The largest absolute Gasteiger partial charge is 0.393 e. The van der Waals surface area contributed by atoms with E-state index in [4.69, 9.17) is 4.74 Å². The van der Waals surface area contributed by atoms with Gasteiger partial charge in [0.05, 0.1) is 17.8 Å². The zero-order chi connectivity index (χ0) is 16.3. The standard InChI is InChI=1S/C20H32O3/c1-17-8-5-15-13(14(17)6-9-19(17,3)22)10-16-20(23-16)11-12(21)4-7-18(15,20)2/h12-16,21-22H,4-11H2,1-3H3/t12-,13-,14+,15-,16+,17+,18+,19+,20+/m1/s1. The molecular formula is C20H32O3. The minimum absolute atomic E-state index is 0.0132. The number of fused-ring (bicyclic) bond motifs is 4. The number of aliphatic hydroxyl groups excluding tert-OH is 1. The lowest BCUT2D eigenvalue weighted by Gasteiger charge is -2.59. The molecule has 5 aliphatic rings. The first kappa shape index (κ1) is 15.2. The van der Waals surface area contributed by atoms with Crippen molar-refractivity contribution in [3.63, 3.8) is 0 Å². The summed E-state index contributed by atoms with van der Waals surface area (Å²) in [5.74, 6) is 2.09. The Kier molecular flexibility index (Phi) is 2.74. The van der Waals surface area contributed by atoms with Crippen molar-refractivity contribution >= 4 is 0 Å². The van der Waals surface area contributed by atoms with Crippen LogP contribution in [0.1, 0.15) is 72.1 Å². The van der Waals surface area contributed by atoms with Gasteiger partial charge >= 0.3 is 0 Å². The van der Waals surface area contributed by atoms with Gasteiger partial charge in [-0.25, -0.2) is 0 Å². The number of aliphatic hydroxyl groups is 2. The van der Waals surface area contributed by atoms with Crippen LogP contribution in [0.2, 0.25) is 0 Å². The third-order valence-corrected chi connectivity index (χ3v) is 9.62. The lowest BCUT2D eigenvalue weighted by molar-refractivity contribution is -0.143. The number of hydrogen-bond donors (Lipinski definition) is 2. The molecule has 0 aromatic carbocycles. The van der Waals surface area contributed by atoms with E-state index in [1.165, 1.54) is 19.3 Å². The molecule has 0 aromatic rings. The van der Waals surface area contributed by atoms with Gasteiger partial charge in [0.1, 0.15) is 5.60 Å². The summed E-state index contributed by atoms with van der Waals surface area (Å²) < 4.78 is 6.35. The zero-order valence-electron chi connectivity index (χ0n) is 14.8. The fourth-order valence-corrected chi connectivity index (χ4v) is 7.90. The third-order valence-electron chi connectivity index (χ3n) is 9.62. The molecule has 4 aliphatic carbocycles. The highest BCUT2D eigenvalue weighted by Gasteiger charge is 2.76. The summed E-state index contributed by atoms with van der Waals surface area (Å²) in [6.45, 7) is 6.89. The maximum atomic E-state index is 11.0. The second-order valence-corrected chi connectivity index (χ2v) is 10.2. The van der Waals surface area contributed by atoms with Crippen molar-refractivity contribution in [1.29, 1.82) is 0 Å². The van der Waals surface area contributed by atoms with Gasteiger partial charge in [-0.05, 0) is 75.0 Å². The zero-order valence-corrected chi connectivity index (χ0v) is 14.8. The lowest BCUT2D eigenvalue weighted by Crippen LogP contribution is -2.59. The van der Waals surface area contributed by atoms with Crippen LogP contribution in [-0.4, -0.2) is 33.6 Å². The van der Waals surface area contributed by atoms with Crippen LogP contribution in [-0.2, 0) is 4.74 Å². The Labute approximate surface area is 139 Å².